The Labute approximate surface area is 168 Å². The van der Waals surface area contributed by atoms with Gasteiger partial charge in [-0.15, -0.1) is 0 Å². The normalized spacial score (nSPS) is 12.1. The van der Waals surface area contributed by atoms with Gasteiger partial charge in [0.2, 0.25) is 0 Å². The predicted octanol–water partition coefficient (Wildman–Crippen LogP) is 4.37. The topological polar surface area (TPSA) is 93.6 Å². The molecule has 0 saturated carbocycles. The fraction of sp³-hybridized carbons (Fsp3) is 0.474. The molecule has 2 aromatic rings. The highest BCUT2D eigenvalue weighted by Crippen LogP contribution is 2.37. The molecule has 0 bridgehead atoms. The Kier molecular flexibility index (Phi) is 5.79. The van der Waals surface area contributed by atoms with E-state index in [1.165, 1.54) is 4.90 Å². The second-order valence-electron chi connectivity index (χ2n) is 8.11. The maximum absolute atomic E-state index is 11.8. The summed E-state index contributed by atoms with van der Waals surface area (Å²) in [5.41, 5.74) is 6.89. The minimum atomic E-state index is -0.983. The number of amides is 1. The zero-order valence-corrected chi connectivity index (χ0v) is 18.2. The molecule has 148 valence electrons. The van der Waals surface area contributed by atoms with E-state index in [4.69, 9.17) is 10.5 Å². The maximum atomic E-state index is 11.8. The largest absolute Gasteiger partial charge is 0.490 e. The number of hydrogen-bond donors (Lipinski definition) is 2. The number of nitrogens with two attached hydrogens (primary N) is 1. The van der Waals surface area contributed by atoms with Crippen molar-refractivity contribution in [3.8, 4) is 17.0 Å². The predicted molar refractivity (Wildman–Crippen MR) is 110 cm³/mol. The Morgan fingerprint density at radius 2 is 1.96 bits per heavy atom. The molecule has 27 heavy (non-hydrogen) atoms. The number of benzene rings is 1. The van der Waals surface area contributed by atoms with Gasteiger partial charge in [0.05, 0.1) is 21.9 Å². The summed E-state index contributed by atoms with van der Waals surface area (Å²) in [5.74, 6) is 0.612. The standard InChI is InChI=1S/C19H27BrN4O3/c1-18(2,3)24(17(25)26)19(4,5)11-27-15-8-7-12(21)9-13(15)16-14(20)10-22-23(16)6/h7-10H,11,21H2,1-6H3,(H,25,26). The molecule has 7 nitrogen and oxygen atoms in total. The molecule has 2 rings (SSSR count). The number of ether oxygens (including phenoxy) is 1. The van der Waals surface area contributed by atoms with E-state index in [0.717, 1.165) is 15.7 Å². The zero-order chi connectivity index (χ0) is 20.6. The third-order valence-electron chi connectivity index (χ3n) is 4.20. The summed E-state index contributed by atoms with van der Waals surface area (Å²) in [6, 6.07) is 5.38. The smallest absolute Gasteiger partial charge is 0.408 e. The minimum absolute atomic E-state index is 0.183. The number of hydrogen-bond acceptors (Lipinski definition) is 4. The molecule has 1 aromatic carbocycles. The Hall–Kier alpha value is -2.22. The third-order valence-corrected chi connectivity index (χ3v) is 4.78. The molecule has 0 fully saturated rings. The van der Waals surface area contributed by atoms with Gasteiger partial charge in [-0.2, -0.15) is 5.10 Å². The first-order valence-corrected chi connectivity index (χ1v) is 9.37. The number of halogens is 1. The number of anilines is 1. The summed E-state index contributed by atoms with van der Waals surface area (Å²) in [6.07, 6.45) is 0.723. The van der Waals surface area contributed by atoms with Crippen LogP contribution in [-0.4, -0.2) is 43.6 Å². The van der Waals surface area contributed by atoms with Crippen LogP contribution in [-0.2, 0) is 7.05 Å². The zero-order valence-electron chi connectivity index (χ0n) is 16.6. The molecule has 0 radical (unpaired) electrons. The number of aromatic nitrogens is 2. The average molecular weight is 439 g/mol. The van der Waals surface area contributed by atoms with Gasteiger partial charge in [-0.3, -0.25) is 9.58 Å². The van der Waals surface area contributed by atoms with Crippen LogP contribution in [0.25, 0.3) is 11.3 Å². The van der Waals surface area contributed by atoms with Gasteiger partial charge in [0.25, 0.3) is 0 Å². The van der Waals surface area contributed by atoms with Crippen molar-refractivity contribution >= 4 is 27.7 Å². The van der Waals surface area contributed by atoms with Crippen LogP contribution in [0.4, 0.5) is 10.5 Å². The van der Waals surface area contributed by atoms with Crippen LogP contribution in [0.2, 0.25) is 0 Å². The van der Waals surface area contributed by atoms with E-state index >= 15 is 0 Å². The molecule has 1 amide bonds. The van der Waals surface area contributed by atoms with E-state index in [9.17, 15) is 9.90 Å². The third kappa shape index (κ3) is 4.55. The summed E-state index contributed by atoms with van der Waals surface area (Å²) < 4.78 is 8.65. The average Bonchev–Trinajstić information content (AvgIpc) is 2.82. The van der Waals surface area contributed by atoms with Crippen LogP contribution in [0.15, 0.2) is 28.9 Å². The van der Waals surface area contributed by atoms with Crippen LogP contribution in [0.1, 0.15) is 34.6 Å². The second-order valence-corrected chi connectivity index (χ2v) is 8.96. The fourth-order valence-corrected chi connectivity index (χ4v) is 3.91. The lowest BCUT2D eigenvalue weighted by Gasteiger charge is -2.44. The summed E-state index contributed by atoms with van der Waals surface area (Å²) in [5, 5.41) is 13.9. The van der Waals surface area contributed by atoms with E-state index in [-0.39, 0.29) is 6.61 Å². The molecule has 0 atom stereocenters. The van der Waals surface area contributed by atoms with Gasteiger partial charge in [-0.25, -0.2) is 4.79 Å². The minimum Gasteiger partial charge on any atom is -0.490 e. The molecular formula is C19H27BrN4O3. The molecule has 1 aromatic heterocycles. The molecule has 0 aliphatic carbocycles. The molecule has 8 heteroatoms. The van der Waals surface area contributed by atoms with Gasteiger partial charge in [-0.1, -0.05) is 0 Å². The summed E-state index contributed by atoms with van der Waals surface area (Å²) in [4.78, 5) is 13.2. The Balaban J connectivity index is 2.37. The van der Waals surface area contributed by atoms with Gasteiger partial charge < -0.3 is 15.6 Å². The Bertz CT molecular complexity index is 820. The first-order valence-electron chi connectivity index (χ1n) is 8.58. The molecular weight excluding hydrogens is 412 g/mol. The molecule has 0 spiro atoms. The van der Waals surface area contributed by atoms with Gasteiger partial charge >= 0.3 is 6.09 Å². The van der Waals surface area contributed by atoms with Crippen molar-refractivity contribution in [2.45, 2.75) is 45.7 Å². The number of aryl methyl sites for hydroxylation is 1. The fourth-order valence-electron chi connectivity index (χ4n) is 3.34. The van der Waals surface area contributed by atoms with E-state index in [0.29, 0.717) is 11.4 Å². The van der Waals surface area contributed by atoms with E-state index in [2.05, 4.69) is 21.0 Å². The summed E-state index contributed by atoms with van der Waals surface area (Å²) in [7, 11) is 1.84. The summed E-state index contributed by atoms with van der Waals surface area (Å²) in [6.45, 7) is 9.48. The molecule has 0 unspecified atom stereocenters. The maximum Gasteiger partial charge on any atom is 0.408 e. The van der Waals surface area contributed by atoms with E-state index in [1.54, 1.807) is 23.0 Å². The first kappa shape index (κ1) is 21.1. The van der Waals surface area contributed by atoms with Crippen molar-refractivity contribution in [2.24, 2.45) is 7.05 Å². The highest BCUT2D eigenvalue weighted by molar-refractivity contribution is 9.10. The van der Waals surface area contributed by atoms with Crippen LogP contribution >= 0.6 is 15.9 Å². The van der Waals surface area contributed by atoms with Gasteiger partial charge in [0.1, 0.15) is 12.4 Å². The van der Waals surface area contributed by atoms with Crippen molar-refractivity contribution in [3.05, 3.63) is 28.9 Å². The van der Waals surface area contributed by atoms with Crippen molar-refractivity contribution in [2.75, 3.05) is 12.3 Å². The van der Waals surface area contributed by atoms with Crippen molar-refractivity contribution in [1.29, 1.82) is 0 Å². The number of rotatable bonds is 5. The van der Waals surface area contributed by atoms with Crippen LogP contribution in [0.3, 0.4) is 0 Å². The van der Waals surface area contributed by atoms with Crippen molar-refractivity contribution < 1.29 is 14.6 Å². The van der Waals surface area contributed by atoms with Gasteiger partial charge in [0, 0.05) is 23.8 Å². The quantitative estimate of drug-likeness (QED) is 0.675. The highest BCUT2D eigenvalue weighted by atomic mass is 79.9. The summed E-state index contributed by atoms with van der Waals surface area (Å²) >= 11 is 3.51. The van der Waals surface area contributed by atoms with Crippen molar-refractivity contribution in [3.63, 3.8) is 0 Å². The Morgan fingerprint density at radius 1 is 1.33 bits per heavy atom. The van der Waals surface area contributed by atoms with E-state index in [1.807, 2.05) is 47.7 Å². The lowest BCUT2D eigenvalue weighted by atomic mass is 9.96. The highest BCUT2D eigenvalue weighted by Gasteiger charge is 2.39. The van der Waals surface area contributed by atoms with Crippen LogP contribution < -0.4 is 10.5 Å². The van der Waals surface area contributed by atoms with Gasteiger partial charge in [-0.05, 0) is 68.7 Å². The van der Waals surface area contributed by atoms with Crippen molar-refractivity contribution in [1.82, 2.24) is 14.7 Å². The molecule has 0 aliphatic heterocycles. The SMILES string of the molecule is Cn1ncc(Br)c1-c1cc(N)ccc1OCC(C)(C)N(C(=O)O)C(C)(C)C. The molecule has 1 heterocycles. The molecule has 0 saturated heterocycles. The lowest BCUT2D eigenvalue weighted by molar-refractivity contribution is 0.00953. The van der Waals surface area contributed by atoms with E-state index < -0.39 is 17.2 Å². The second kappa shape index (κ2) is 7.42. The molecule has 3 N–H and O–H groups in total. The van der Waals surface area contributed by atoms with Crippen LogP contribution in [0.5, 0.6) is 5.75 Å². The molecule has 0 aliphatic rings. The number of nitrogen functional groups attached to an aromatic ring is 1. The number of carbonyl (C=O) groups is 1. The Morgan fingerprint density at radius 3 is 2.44 bits per heavy atom. The lowest BCUT2D eigenvalue weighted by Crippen LogP contribution is -2.59. The number of carboxylic acid groups (broad SMARTS) is 1. The monoisotopic (exact) mass is 438 g/mol. The van der Waals surface area contributed by atoms with Crippen LogP contribution in [0, 0.1) is 0 Å². The first-order chi connectivity index (χ1) is 12.3. The number of nitrogens with zero attached hydrogens (tertiary/aromatic N) is 3. The van der Waals surface area contributed by atoms with Gasteiger partial charge in [0.15, 0.2) is 0 Å².